The van der Waals surface area contributed by atoms with E-state index in [9.17, 15) is 0 Å². The van der Waals surface area contributed by atoms with Crippen molar-refractivity contribution < 1.29 is 0 Å². The molecular formula is C50H39N3. The van der Waals surface area contributed by atoms with Gasteiger partial charge in [-0.05, 0) is 111 Å². The molecule has 2 aliphatic rings. The van der Waals surface area contributed by atoms with Crippen molar-refractivity contribution in [1.29, 1.82) is 0 Å². The Balaban J connectivity index is 1.29. The fourth-order valence-corrected chi connectivity index (χ4v) is 8.13. The largest absolute Gasteiger partial charge is 0.264 e. The summed E-state index contributed by atoms with van der Waals surface area (Å²) in [5.41, 5.74) is 16.1. The van der Waals surface area contributed by atoms with Crippen molar-refractivity contribution >= 4 is 28.5 Å². The molecule has 0 saturated heterocycles. The van der Waals surface area contributed by atoms with Gasteiger partial charge in [0.1, 0.15) is 0 Å². The first kappa shape index (κ1) is 32.5. The number of hydrogen-bond acceptors (Lipinski definition) is 3. The number of rotatable bonds is 7. The van der Waals surface area contributed by atoms with Gasteiger partial charge in [0.2, 0.25) is 0 Å². The lowest BCUT2D eigenvalue weighted by Crippen LogP contribution is -2.06. The predicted octanol–water partition coefficient (Wildman–Crippen LogP) is 12.7. The van der Waals surface area contributed by atoms with Crippen LogP contribution in [0.1, 0.15) is 52.3 Å². The predicted molar refractivity (Wildman–Crippen MR) is 222 cm³/mol. The van der Waals surface area contributed by atoms with E-state index in [0.29, 0.717) is 0 Å². The SMILES string of the molecule is C=Cc1cccc(-c2cccc(-c3cc(C4=CC(c5cccnc5)CC=C4)nc(-c4c5c(c(-c6ccccc6)c6ccccc46)CCC=C5)n3)c2)c1C. The van der Waals surface area contributed by atoms with Crippen molar-refractivity contribution in [3.05, 3.63) is 192 Å². The molecule has 0 N–H and O–H groups in total. The van der Waals surface area contributed by atoms with Crippen LogP contribution < -0.4 is 0 Å². The highest BCUT2D eigenvalue weighted by Gasteiger charge is 2.24. The topological polar surface area (TPSA) is 38.7 Å². The summed E-state index contributed by atoms with van der Waals surface area (Å²) < 4.78 is 0. The Morgan fingerprint density at radius 1 is 0.698 bits per heavy atom. The Morgan fingerprint density at radius 3 is 2.30 bits per heavy atom. The molecule has 254 valence electrons. The molecule has 0 saturated carbocycles. The number of fused-ring (bicyclic) bond motifs is 2. The Morgan fingerprint density at radius 2 is 1.47 bits per heavy atom. The lowest BCUT2D eigenvalue weighted by molar-refractivity contribution is 0.849. The third-order valence-electron chi connectivity index (χ3n) is 10.8. The van der Waals surface area contributed by atoms with Crippen LogP contribution in [0.25, 0.3) is 73.4 Å². The van der Waals surface area contributed by atoms with E-state index >= 15 is 0 Å². The maximum absolute atomic E-state index is 5.48. The summed E-state index contributed by atoms with van der Waals surface area (Å²) in [5, 5.41) is 2.39. The van der Waals surface area contributed by atoms with Gasteiger partial charge in [0, 0.05) is 29.4 Å². The molecule has 3 nitrogen and oxygen atoms in total. The van der Waals surface area contributed by atoms with Crippen LogP contribution in [0.15, 0.2) is 159 Å². The van der Waals surface area contributed by atoms with Crippen LogP contribution in [0.4, 0.5) is 0 Å². The van der Waals surface area contributed by atoms with Crippen LogP contribution in [0, 0.1) is 6.92 Å². The number of hydrogen-bond donors (Lipinski definition) is 0. The molecular weight excluding hydrogens is 643 g/mol. The number of aromatic nitrogens is 3. The molecule has 2 heterocycles. The Kier molecular flexibility index (Phi) is 8.53. The van der Waals surface area contributed by atoms with Crippen LogP contribution in [0.2, 0.25) is 0 Å². The van der Waals surface area contributed by atoms with Crippen LogP contribution in [0.3, 0.4) is 0 Å². The average Bonchev–Trinajstić information content (AvgIpc) is 3.23. The minimum absolute atomic E-state index is 0.218. The van der Waals surface area contributed by atoms with Gasteiger partial charge < -0.3 is 0 Å². The lowest BCUT2D eigenvalue weighted by atomic mass is 9.81. The minimum Gasteiger partial charge on any atom is -0.264 e. The lowest BCUT2D eigenvalue weighted by Gasteiger charge is -2.23. The molecule has 0 amide bonds. The minimum atomic E-state index is 0.218. The number of nitrogens with zero attached hydrogens (tertiary/aromatic N) is 3. The van der Waals surface area contributed by atoms with E-state index in [1.807, 2.05) is 24.5 Å². The van der Waals surface area contributed by atoms with Gasteiger partial charge in [0.15, 0.2) is 5.82 Å². The zero-order valence-electron chi connectivity index (χ0n) is 29.8. The third kappa shape index (κ3) is 6.04. The van der Waals surface area contributed by atoms with Crippen molar-refractivity contribution in [2.24, 2.45) is 0 Å². The first-order valence-electron chi connectivity index (χ1n) is 18.5. The molecule has 7 aromatic rings. The van der Waals surface area contributed by atoms with E-state index in [0.717, 1.165) is 69.7 Å². The van der Waals surface area contributed by atoms with Crippen LogP contribution >= 0.6 is 0 Å². The van der Waals surface area contributed by atoms with E-state index < -0.39 is 0 Å². The van der Waals surface area contributed by atoms with E-state index in [1.165, 1.54) is 44.3 Å². The molecule has 1 unspecified atom stereocenters. The molecule has 2 aliphatic carbocycles. The molecule has 0 bridgehead atoms. The summed E-state index contributed by atoms with van der Waals surface area (Å²) in [5.74, 6) is 0.958. The quantitative estimate of drug-likeness (QED) is 0.168. The fourth-order valence-electron chi connectivity index (χ4n) is 8.13. The van der Waals surface area contributed by atoms with Gasteiger partial charge in [0.25, 0.3) is 0 Å². The van der Waals surface area contributed by atoms with Crippen LogP contribution in [-0.2, 0) is 6.42 Å². The molecule has 2 aromatic heterocycles. The fraction of sp³-hybridized carbons (Fsp3) is 0.100. The zero-order chi connectivity index (χ0) is 35.7. The van der Waals surface area contributed by atoms with Crippen LogP contribution in [-0.4, -0.2) is 15.0 Å². The number of benzene rings is 5. The summed E-state index contributed by atoms with van der Waals surface area (Å²) in [4.78, 5) is 15.4. The van der Waals surface area contributed by atoms with Gasteiger partial charge in [0.05, 0.1) is 11.4 Å². The van der Waals surface area contributed by atoms with E-state index in [1.54, 1.807) is 0 Å². The normalized spacial score (nSPS) is 14.9. The molecule has 3 heteroatoms. The zero-order valence-corrected chi connectivity index (χ0v) is 29.8. The van der Waals surface area contributed by atoms with Gasteiger partial charge in [-0.3, -0.25) is 4.98 Å². The first-order valence-corrected chi connectivity index (χ1v) is 18.5. The van der Waals surface area contributed by atoms with Crippen molar-refractivity contribution in [3.8, 4) is 44.9 Å². The van der Waals surface area contributed by atoms with E-state index in [-0.39, 0.29) is 5.92 Å². The molecule has 53 heavy (non-hydrogen) atoms. The maximum atomic E-state index is 5.48. The van der Waals surface area contributed by atoms with Gasteiger partial charge >= 0.3 is 0 Å². The van der Waals surface area contributed by atoms with E-state index in [2.05, 4.69) is 158 Å². The molecule has 9 rings (SSSR count). The van der Waals surface area contributed by atoms with Crippen molar-refractivity contribution in [2.45, 2.75) is 32.1 Å². The Hall–Kier alpha value is -6.45. The van der Waals surface area contributed by atoms with Crippen molar-refractivity contribution in [2.75, 3.05) is 0 Å². The second kappa shape index (κ2) is 13.9. The van der Waals surface area contributed by atoms with Gasteiger partial charge in [-0.15, -0.1) is 0 Å². The summed E-state index contributed by atoms with van der Waals surface area (Å²) in [7, 11) is 0. The van der Waals surface area contributed by atoms with Crippen LogP contribution in [0.5, 0.6) is 0 Å². The second-order valence-corrected chi connectivity index (χ2v) is 13.9. The van der Waals surface area contributed by atoms with Gasteiger partial charge in [-0.1, -0.05) is 140 Å². The van der Waals surface area contributed by atoms with Crippen molar-refractivity contribution in [1.82, 2.24) is 15.0 Å². The van der Waals surface area contributed by atoms with E-state index in [4.69, 9.17) is 9.97 Å². The second-order valence-electron chi connectivity index (χ2n) is 13.9. The monoisotopic (exact) mass is 681 g/mol. The maximum Gasteiger partial charge on any atom is 0.161 e. The molecule has 0 fully saturated rings. The molecule has 0 spiro atoms. The summed E-state index contributed by atoms with van der Waals surface area (Å²) in [6.45, 7) is 6.22. The summed E-state index contributed by atoms with van der Waals surface area (Å²) in [6, 6.07) is 41.1. The molecule has 5 aromatic carbocycles. The number of pyridine rings is 1. The highest BCUT2D eigenvalue weighted by Crippen LogP contribution is 2.44. The smallest absolute Gasteiger partial charge is 0.161 e. The van der Waals surface area contributed by atoms with Crippen molar-refractivity contribution in [3.63, 3.8) is 0 Å². The molecule has 0 aliphatic heterocycles. The Labute approximate surface area is 311 Å². The molecule has 1 atom stereocenters. The summed E-state index contributed by atoms with van der Waals surface area (Å²) >= 11 is 0. The average molecular weight is 682 g/mol. The first-order chi connectivity index (χ1) is 26.2. The molecule has 0 radical (unpaired) electrons. The van der Waals surface area contributed by atoms with Gasteiger partial charge in [-0.2, -0.15) is 0 Å². The highest BCUT2D eigenvalue weighted by molar-refractivity contribution is 6.09. The van der Waals surface area contributed by atoms with Gasteiger partial charge in [-0.25, -0.2) is 9.97 Å². The highest BCUT2D eigenvalue weighted by atomic mass is 14.9. The third-order valence-corrected chi connectivity index (χ3v) is 10.8. The Bertz CT molecular complexity index is 2610. The standard InChI is InChI=1S/C50H39N3/c1-3-34-17-13-27-41(33(34)2)37-19-12-21-39(30-37)47-31-46(38-20-11-18-36(29-38)40-22-14-28-51-32-40)52-50(53-47)49-44-25-9-7-23-42(44)48(35-15-5-4-6-16-35)43-24-8-10-26-45(43)49/h3-7,9-17,19-23,25-32,36H,1,8,18,24H2,2H3. The number of allylic oxidation sites excluding steroid dienone is 5. The summed E-state index contributed by atoms with van der Waals surface area (Å²) in [6.07, 6.45) is 20.1.